The van der Waals surface area contributed by atoms with Crippen LogP contribution in [0.5, 0.6) is 5.75 Å². The number of esters is 2. The molecule has 2 rings (SSSR count). The second-order valence-electron chi connectivity index (χ2n) is 7.20. The molecule has 33 heavy (non-hydrogen) atoms. The molecule has 0 spiro atoms. The lowest BCUT2D eigenvalue weighted by Gasteiger charge is -2.54. The van der Waals surface area contributed by atoms with E-state index in [1.807, 2.05) is 0 Å². The van der Waals surface area contributed by atoms with E-state index < -0.39 is 78.0 Å². The minimum atomic E-state index is -5.99. The van der Waals surface area contributed by atoms with E-state index in [1.165, 1.54) is 19.9 Å². The predicted molar refractivity (Wildman–Crippen MR) is 96.2 cm³/mol. The summed E-state index contributed by atoms with van der Waals surface area (Å²) in [6.07, 6.45) is -12.0. The van der Waals surface area contributed by atoms with Gasteiger partial charge in [-0.2, -0.15) is 26.3 Å². The lowest BCUT2D eigenvalue weighted by atomic mass is 9.64. The van der Waals surface area contributed by atoms with E-state index in [-0.39, 0.29) is 0 Å². The molecule has 1 heterocycles. The third kappa shape index (κ3) is 4.46. The van der Waals surface area contributed by atoms with Crippen LogP contribution in [0.1, 0.15) is 25.3 Å². The standard InChI is InChI=1S/C19H21F6NO7/c1-3-32-14(28)12-11(9-7-5-6-8-10(9)27)13(15(29)33-4-2)17(31,19(23,24)25)26-16(12,30)18(20,21)22/h5-8,11-13,26-27,30-31H,3-4H2,1-2H3/t11?,12-,13-,16-,17+/m0/s1. The first kappa shape index (κ1) is 26.7. The van der Waals surface area contributed by atoms with E-state index >= 15 is 0 Å². The lowest BCUT2D eigenvalue weighted by Crippen LogP contribution is -2.81. The summed E-state index contributed by atoms with van der Waals surface area (Å²) in [5.74, 6) is -13.1. The highest BCUT2D eigenvalue weighted by atomic mass is 19.4. The van der Waals surface area contributed by atoms with Gasteiger partial charge < -0.3 is 24.8 Å². The van der Waals surface area contributed by atoms with E-state index in [0.717, 1.165) is 18.2 Å². The Morgan fingerprint density at radius 2 is 1.30 bits per heavy atom. The Bertz CT molecular complexity index is 844. The fourth-order valence-electron chi connectivity index (χ4n) is 3.88. The van der Waals surface area contributed by atoms with Gasteiger partial charge in [0, 0.05) is 5.92 Å². The van der Waals surface area contributed by atoms with Gasteiger partial charge in [0.1, 0.15) is 17.6 Å². The van der Waals surface area contributed by atoms with Crippen molar-refractivity contribution in [3.63, 3.8) is 0 Å². The molecule has 1 aliphatic heterocycles. The van der Waals surface area contributed by atoms with Crippen LogP contribution in [0.2, 0.25) is 0 Å². The molecule has 0 aliphatic carbocycles. The molecule has 0 aromatic heterocycles. The molecule has 1 aliphatic rings. The number of aliphatic hydroxyl groups is 2. The van der Waals surface area contributed by atoms with E-state index in [9.17, 15) is 51.3 Å². The number of phenolic OH excluding ortho intramolecular Hbond substituents is 1. The van der Waals surface area contributed by atoms with Crippen molar-refractivity contribution in [3.8, 4) is 5.75 Å². The van der Waals surface area contributed by atoms with Crippen LogP contribution in [0, 0.1) is 11.8 Å². The number of rotatable bonds is 5. The molecule has 0 saturated carbocycles. The highest BCUT2D eigenvalue weighted by Crippen LogP contribution is 2.56. The number of hydrogen-bond donors (Lipinski definition) is 4. The molecular weight excluding hydrogens is 468 g/mol. The predicted octanol–water partition coefficient (Wildman–Crippen LogP) is 1.94. The number of nitrogens with one attached hydrogen (secondary N) is 1. The van der Waals surface area contributed by atoms with E-state index in [2.05, 4.69) is 9.47 Å². The number of phenols is 1. The number of halogens is 6. The highest BCUT2D eigenvalue weighted by Gasteiger charge is 2.78. The Kier molecular flexibility index (Phi) is 7.26. The normalized spacial score (nSPS) is 30.5. The monoisotopic (exact) mass is 489 g/mol. The number of hydrogen-bond acceptors (Lipinski definition) is 8. The van der Waals surface area contributed by atoms with Crippen LogP contribution in [0.3, 0.4) is 0 Å². The van der Waals surface area contributed by atoms with Gasteiger partial charge >= 0.3 is 24.3 Å². The van der Waals surface area contributed by atoms with Gasteiger partial charge in [-0.15, -0.1) is 0 Å². The number of ether oxygens (including phenoxy) is 2. The zero-order valence-corrected chi connectivity index (χ0v) is 17.2. The van der Waals surface area contributed by atoms with Crippen molar-refractivity contribution in [2.24, 2.45) is 11.8 Å². The lowest BCUT2D eigenvalue weighted by molar-refractivity contribution is -0.376. The third-order valence-corrected chi connectivity index (χ3v) is 5.24. The van der Waals surface area contributed by atoms with Crippen molar-refractivity contribution in [2.75, 3.05) is 13.2 Å². The van der Waals surface area contributed by atoms with E-state index in [0.29, 0.717) is 5.32 Å². The van der Waals surface area contributed by atoms with Gasteiger partial charge in [-0.1, -0.05) is 18.2 Å². The van der Waals surface area contributed by atoms with Gasteiger partial charge in [-0.25, -0.2) is 5.32 Å². The molecular formula is C19H21F6NO7. The molecule has 14 heteroatoms. The SMILES string of the molecule is CCOC(=O)[C@@H]1C(c2ccccc2O)[C@@H](C(=O)OCC)[C@](O)(C(F)(F)F)N[C@]1(O)C(F)(F)F. The molecule has 0 bridgehead atoms. The first-order valence-corrected chi connectivity index (χ1v) is 9.55. The molecule has 0 amide bonds. The van der Waals surface area contributed by atoms with E-state index in [1.54, 1.807) is 0 Å². The number of para-hydroxylation sites is 1. The fraction of sp³-hybridized carbons (Fsp3) is 0.579. The largest absolute Gasteiger partial charge is 0.508 e. The number of carbonyl (C=O) groups excluding carboxylic acids is 2. The maximum atomic E-state index is 14.0. The minimum Gasteiger partial charge on any atom is -0.508 e. The molecule has 1 saturated heterocycles. The molecule has 8 nitrogen and oxygen atoms in total. The molecule has 4 N–H and O–H groups in total. The summed E-state index contributed by atoms with van der Waals surface area (Å²) in [4.78, 5) is 25.2. The topological polar surface area (TPSA) is 125 Å². The highest BCUT2D eigenvalue weighted by molar-refractivity contribution is 5.82. The molecule has 1 aromatic carbocycles. The van der Waals surface area contributed by atoms with Crippen LogP contribution in [0.15, 0.2) is 24.3 Å². The summed E-state index contributed by atoms with van der Waals surface area (Å²) in [6.45, 7) is 1.30. The maximum Gasteiger partial charge on any atom is 0.432 e. The van der Waals surface area contributed by atoms with Crippen molar-refractivity contribution >= 4 is 11.9 Å². The molecule has 1 fully saturated rings. The first-order chi connectivity index (χ1) is 15.1. The number of aromatic hydroxyl groups is 1. The first-order valence-electron chi connectivity index (χ1n) is 9.55. The Hall–Kier alpha value is -2.58. The zero-order valence-electron chi connectivity index (χ0n) is 17.2. The van der Waals surface area contributed by atoms with Crippen molar-refractivity contribution in [1.29, 1.82) is 0 Å². The van der Waals surface area contributed by atoms with Gasteiger partial charge in [-0.3, -0.25) is 9.59 Å². The average Bonchev–Trinajstić information content (AvgIpc) is 2.66. The molecule has 186 valence electrons. The van der Waals surface area contributed by atoms with Crippen LogP contribution >= 0.6 is 0 Å². The van der Waals surface area contributed by atoms with Crippen molar-refractivity contribution in [1.82, 2.24) is 5.32 Å². The fourth-order valence-corrected chi connectivity index (χ4v) is 3.88. The quantitative estimate of drug-likeness (QED) is 0.366. The maximum absolute atomic E-state index is 14.0. The minimum absolute atomic E-state index is 0.537. The molecule has 5 atom stereocenters. The van der Waals surface area contributed by atoms with Crippen LogP contribution in [0.25, 0.3) is 0 Å². The van der Waals surface area contributed by atoms with Crippen LogP contribution in [-0.4, -0.2) is 64.3 Å². The zero-order chi connectivity index (χ0) is 25.4. The Morgan fingerprint density at radius 3 is 1.64 bits per heavy atom. The van der Waals surface area contributed by atoms with Crippen LogP contribution < -0.4 is 5.32 Å². The summed E-state index contributed by atoms with van der Waals surface area (Å²) in [6, 6.07) is 3.99. The summed E-state index contributed by atoms with van der Waals surface area (Å²) >= 11 is 0. The Morgan fingerprint density at radius 1 is 0.909 bits per heavy atom. The number of alkyl halides is 6. The Balaban J connectivity index is 3.00. The van der Waals surface area contributed by atoms with Crippen LogP contribution in [0.4, 0.5) is 26.3 Å². The van der Waals surface area contributed by atoms with E-state index in [4.69, 9.17) is 0 Å². The smallest absolute Gasteiger partial charge is 0.432 e. The third-order valence-electron chi connectivity index (χ3n) is 5.24. The summed E-state index contributed by atoms with van der Waals surface area (Å²) in [5.41, 5.74) is -10.2. The van der Waals surface area contributed by atoms with Gasteiger partial charge in [0.25, 0.3) is 0 Å². The van der Waals surface area contributed by atoms with Crippen LogP contribution in [-0.2, 0) is 19.1 Å². The molecule has 1 unspecified atom stereocenters. The van der Waals surface area contributed by atoms with Crippen molar-refractivity contribution in [3.05, 3.63) is 29.8 Å². The second kappa shape index (κ2) is 8.99. The Labute approximate surface area is 183 Å². The summed E-state index contributed by atoms with van der Waals surface area (Å²) in [5, 5.41) is 31.8. The number of carbonyl (C=O) groups is 2. The number of benzene rings is 1. The average molecular weight is 489 g/mol. The van der Waals surface area contributed by atoms with Gasteiger partial charge in [0.15, 0.2) is 0 Å². The molecule has 0 radical (unpaired) electrons. The van der Waals surface area contributed by atoms with Crippen molar-refractivity contribution in [2.45, 2.75) is 43.6 Å². The van der Waals surface area contributed by atoms with Gasteiger partial charge in [-0.05, 0) is 25.5 Å². The summed E-state index contributed by atoms with van der Waals surface area (Å²) < 4.78 is 93.1. The summed E-state index contributed by atoms with van der Waals surface area (Å²) in [7, 11) is 0. The number of piperidine rings is 1. The van der Waals surface area contributed by atoms with Gasteiger partial charge in [0.2, 0.25) is 11.4 Å². The molecule has 1 aromatic rings. The van der Waals surface area contributed by atoms with Crippen molar-refractivity contribution < 1.29 is 60.7 Å². The second-order valence-corrected chi connectivity index (χ2v) is 7.20. The van der Waals surface area contributed by atoms with Gasteiger partial charge in [0.05, 0.1) is 13.2 Å².